The van der Waals surface area contributed by atoms with Gasteiger partial charge >= 0.3 is 0 Å². The Bertz CT molecular complexity index is 491. The van der Waals surface area contributed by atoms with Crippen LogP contribution in [0.15, 0.2) is 18.2 Å². The van der Waals surface area contributed by atoms with Crippen LogP contribution in [0, 0.1) is 5.92 Å². The highest BCUT2D eigenvalue weighted by atomic mass is 16.5. The van der Waals surface area contributed by atoms with Crippen molar-refractivity contribution in [2.45, 2.75) is 51.2 Å². The molecule has 4 heteroatoms. The molecule has 3 rings (SSSR count). The maximum atomic E-state index is 9.01. The van der Waals surface area contributed by atoms with Gasteiger partial charge in [0.2, 0.25) is 0 Å². The van der Waals surface area contributed by atoms with E-state index in [1.807, 2.05) is 13.0 Å². The van der Waals surface area contributed by atoms with E-state index in [9.17, 15) is 0 Å². The van der Waals surface area contributed by atoms with Gasteiger partial charge in [-0.05, 0) is 57.2 Å². The second-order valence-electron chi connectivity index (χ2n) is 6.25. The summed E-state index contributed by atoms with van der Waals surface area (Å²) < 4.78 is 11.8. The quantitative estimate of drug-likeness (QED) is 0.790. The summed E-state index contributed by atoms with van der Waals surface area (Å²) in [5, 5.41) is 12.7. The Hall–Kier alpha value is -1.26. The first kappa shape index (κ1) is 15.6. The number of aliphatic hydroxyl groups excluding tert-OH is 1. The molecule has 4 nitrogen and oxygen atoms in total. The normalized spacial score (nSPS) is 26.7. The van der Waals surface area contributed by atoms with Crippen molar-refractivity contribution < 1.29 is 14.6 Å². The number of unbranched alkanes of at least 4 members (excludes halogenated alkanes) is 1. The Kier molecular flexibility index (Phi) is 5.21. The first-order chi connectivity index (χ1) is 10.8. The fraction of sp³-hybridized carbons (Fsp3) is 0.667. The second kappa shape index (κ2) is 7.34. The lowest BCUT2D eigenvalue weighted by molar-refractivity contribution is -0.0388. The summed E-state index contributed by atoms with van der Waals surface area (Å²) in [7, 11) is 0. The molecule has 22 heavy (non-hydrogen) atoms. The predicted octanol–water partition coefficient (Wildman–Crippen LogP) is 3.51. The fourth-order valence-corrected chi connectivity index (χ4v) is 3.77. The van der Waals surface area contributed by atoms with Crippen molar-refractivity contribution in [1.29, 1.82) is 0 Å². The SMILES string of the molecule is CCOc1ccc2c(c1)[C@@H]1OCCC[C@@H]1[C@@H](CCCCO)N2. The predicted molar refractivity (Wildman–Crippen MR) is 87.4 cm³/mol. The molecule has 0 bridgehead atoms. The van der Waals surface area contributed by atoms with Crippen LogP contribution in [0.5, 0.6) is 5.75 Å². The maximum absolute atomic E-state index is 9.01. The van der Waals surface area contributed by atoms with Crippen molar-refractivity contribution in [2.75, 3.05) is 25.1 Å². The average molecular weight is 305 g/mol. The number of hydrogen-bond donors (Lipinski definition) is 2. The molecular formula is C18H27NO3. The molecule has 1 aromatic carbocycles. The molecule has 0 saturated carbocycles. The van der Waals surface area contributed by atoms with Crippen molar-refractivity contribution in [2.24, 2.45) is 5.92 Å². The molecule has 1 saturated heterocycles. The highest BCUT2D eigenvalue weighted by molar-refractivity contribution is 5.58. The van der Waals surface area contributed by atoms with Crippen molar-refractivity contribution in [3.8, 4) is 5.75 Å². The molecule has 1 aromatic rings. The molecule has 2 aliphatic rings. The van der Waals surface area contributed by atoms with Crippen molar-refractivity contribution in [3.05, 3.63) is 23.8 Å². The minimum atomic E-state index is 0.185. The van der Waals surface area contributed by atoms with Crippen LogP contribution in [0.25, 0.3) is 0 Å². The van der Waals surface area contributed by atoms with Gasteiger partial charge in [-0.25, -0.2) is 0 Å². The molecule has 0 aliphatic carbocycles. The van der Waals surface area contributed by atoms with E-state index in [4.69, 9.17) is 14.6 Å². The zero-order valence-corrected chi connectivity index (χ0v) is 13.4. The zero-order chi connectivity index (χ0) is 15.4. The van der Waals surface area contributed by atoms with E-state index in [1.54, 1.807) is 0 Å². The minimum absolute atomic E-state index is 0.185. The zero-order valence-electron chi connectivity index (χ0n) is 13.4. The number of nitrogens with one attached hydrogen (secondary N) is 1. The summed E-state index contributed by atoms with van der Waals surface area (Å²) in [6.07, 6.45) is 5.57. The van der Waals surface area contributed by atoms with Gasteiger partial charge in [0.05, 0.1) is 12.7 Å². The molecule has 1 fully saturated rings. The summed E-state index contributed by atoms with van der Waals surface area (Å²) >= 11 is 0. The third-order valence-electron chi connectivity index (χ3n) is 4.79. The van der Waals surface area contributed by atoms with Gasteiger partial charge in [0, 0.05) is 36.4 Å². The number of anilines is 1. The van der Waals surface area contributed by atoms with Crippen LogP contribution < -0.4 is 10.1 Å². The molecule has 0 amide bonds. The van der Waals surface area contributed by atoms with Crippen LogP contribution in [-0.4, -0.2) is 31.0 Å². The number of hydrogen-bond acceptors (Lipinski definition) is 4. The van der Waals surface area contributed by atoms with Gasteiger partial charge in [0.15, 0.2) is 0 Å². The molecule has 0 spiro atoms. The molecule has 2 aliphatic heterocycles. The maximum Gasteiger partial charge on any atom is 0.119 e. The monoisotopic (exact) mass is 305 g/mol. The Balaban J connectivity index is 1.82. The Morgan fingerprint density at radius 1 is 1.36 bits per heavy atom. The van der Waals surface area contributed by atoms with E-state index in [1.165, 1.54) is 17.7 Å². The van der Waals surface area contributed by atoms with E-state index in [0.717, 1.165) is 38.0 Å². The first-order valence-electron chi connectivity index (χ1n) is 8.59. The first-order valence-corrected chi connectivity index (χ1v) is 8.59. The molecule has 0 radical (unpaired) electrons. The lowest BCUT2D eigenvalue weighted by atomic mass is 9.78. The van der Waals surface area contributed by atoms with Gasteiger partial charge in [-0.3, -0.25) is 0 Å². The van der Waals surface area contributed by atoms with Crippen LogP contribution in [0.1, 0.15) is 50.7 Å². The number of aliphatic hydroxyl groups is 1. The summed E-state index contributed by atoms with van der Waals surface area (Å²) in [6.45, 7) is 3.83. The highest BCUT2D eigenvalue weighted by Crippen LogP contribution is 2.45. The van der Waals surface area contributed by atoms with Crippen LogP contribution in [0.4, 0.5) is 5.69 Å². The van der Waals surface area contributed by atoms with Gasteiger partial charge < -0.3 is 19.9 Å². The van der Waals surface area contributed by atoms with Crippen LogP contribution >= 0.6 is 0 Å². The lowest BCUT2D eigenvalue weighted by Gasteiger charge is -2.43. The van der Waals surface area contributed by atoms with Crippen LogP contribution in [0.2, 0.25) is 0 Å². The molecule has 0 unspecified atom stereocenters. The fourth-order valence-electron chi connectivity index (χ4n) is 3.77. The summed E-state index contributed by atoms with van der Waals surface area (Å²) in [5.74, 6) is 1.45. The lowest BCUT2D eigenvalue weighted by Crippen LogP contribution is -2.41. The largest absolute Gasteiger partial charge is 0.494 e. The molecular weight excluding hydrogens is 278 g/mol. The molecule has 122 valence electrons. The molecule has 3 atom stereocenters. The van der Waals surface area contributed by atoms with E-state index in [2.05, 4.69) is 17.4 Å². The van der Waals surface area contributed by atoms with E-state index in [0.29, 0.717) is 18.6 Å². The second-order valence-corrected chi connectivity index (χ2v) is 6.25. The number of rotatable bonds is 6. The molecule has 2 N–H and O–H groups in total. The van der Waals surface area contributed by atoms with Gasteiger partial charge in [-0.15, -0.1) is 0 Å². The summed E-state index contributed by atoms with van der Waals surface area (Å²) in [6, 6.07) is 6.73. The Morgan fingerprint density at radius 2 is 2.27 bits per heavy atom. The van der Waals surface area contributed by atoms with Gasteiger partial charge in [0.25, 0.3) is 0 Å². The van der Waals surface area contributed by atoms with Crippen molar-refractivity contribution in [1.82, 2.24) is 0 Å². The Labute approximate surface area is 132 Å². The van der Waals surface area contributed by atoms with Gasteiger partial charge in [-0.1, -0.05) is 0 Å². The van der Waals surface area contributed by atoms with Crippen molar-refractivity contribution in [3.63, 3.8) is 0 Å². The summed E-state index contributed by atoms with van der Waals surface area (Å²) in [5.41, 5.74) is 2.43. The van der Waals surface area contributed by atoms with E-state index >= 15 is 0 Å². The third kappa shape index (κ3) is 3.23. The smallest absolute Gasteiger partial charge is 0.119 e. The van der Waals surface area contributed by atoms with E-state index < -0.39 is 0 Å². The van der Waals surface area contributed by atoms with Crippen LogP contribution in [-0.2, 0) is 4.74 Å². The highest BCUT2D eigenvalue weighted by Gasteiger charge is 2.38. The topological polar surface area (TPSA) is 50.7 Å². The van der Waals surface area contributed by atoms with E-state index in [-0.39, 0.29) is 12.7 Å². The summed E-state index contributed by atoms with van der Waals surface area (Å²) in [4.78, 5) is 0. The molecule has 2 heterocycles. The minimum Gasteiger partial charge on any atom is -0.494 e. The van der Waals surface area contributed by atoms with Gasteiger partial charge in [0.1, 0.15) is 5.75 Å². The number of fused-ring (bicyclic) bond motifs is 3. The number of benzene rings is 1. The molecule has 0 aromatic heterocycles. The van der Waals surface area contributed by atoms with Gasteiger partial charge in [-0.2, -0.15) is 0 Å². The van der Waals surface area contributed by atoms with Crippen molar-refractivity contribution >= 4 is 5.69 Å². The van der Waals surface area contributed by atoms with Crippen LogP contribution in [0.3, 0.4) is 0 Å². The average Bonchev–Trinajstić information content (AvgIpc) is 2.56. The Morgan fingerprint density at radius 3 is 3.09 bits per heavy atom. The standard InChI is InChI=1S/C18H27NO3/c1-2-21-13-8-9-17-15(12-13)18-14(6-5-11-22-18)16(19-17)7-3-4-10-20/h8-9,12,14,16,18-20H,2-7,10-11H2,1H3/t14-,16-,18-/m1/s1. The third-order valence-corrected chi connectivity index (χ3v) is 4.79. The number of ether oxygens (including phenoxy) is 2.